The molecule has 0 radical (unpaired) electrons. The Hall–Kier alpha value is -2.33. The molecule has 0 bridgehead atoms. The van der Waals surface area contributed by atoms with E-state index >= 15 is 0 Å². The smallest absolute Gasteiger partial charge is 0.119 e. The molecule has 1 saturated heterocycles. The molecule has 136 valence electrons. The Morgan fingerprint density at radius 2 is 1.88 bits per heavy atom. The highest BCUT2D eigenvalue weighted by molar-refractivity contribution is 6.08. The third-order valence-electron chi connectivity index (χ3n) is 5.52. The van der Waals surface area contributed by atoms with Gasteiger partial charge in [0.15, 0.2) is 0 Å². The predicted octanol–water partition coefficient (Wildman–Crippen LogP) is 4.60. The lowest BCUT2D eigenvalue weighted by molar-refractivity contribution is 0.230. The molecule has 4 rings (SSSR count). The molecule has 0 atom stereocenters. The van der Waals surface area contributed by atoms with Gasteiger partial charge in [0.2, 0.25) is 0 Å². The minimum atomic E-state index is 0.499. The van der Waals surface area contributed by atoms with Crippen molar-refractivity contribution in [2.45, 2.75) is 32.7 Å². The Balaban J connectivity index is 1.80. The zero-order chi connectivity index (χ0) is 18.1. The predicted molar refractivity (Wildman–Crippen MR) is 109 cm³/mol. The van der Waals surface area contributed by atoms with Gasteiger partial charge in [-0.2, -0.15) is 0 Å². The second kappa shape index (κ2) is 7.12. The van der Waals surface area contributed by atoms with Crippen LogP contribution in [0.4, 0.5) is 5.69 Å². The molecule has 2 aromatic carbocycles. The summed E-state index contributed by atoms with van der Waals surface area (Å²) in [7, 11) is 1.71. The van der Waals surface area contributed by atoms with Crippen molar-refractivity contribution in [3.05, 3.63) is 42.0 Å². The summed E-state index contributed by atoms with van der Waals surface area (Å²) in [6.07, 6.45) is 2.35. The molecule has 1 aromatic heterocycles. The minimum Gasteiger partial charge on any atom is -0.497 e. The van der Waals surface area contributed by atoms with Crippen LogP contribution in [0.5, 0.6) is 5.75 Å². The summed E-state index contributed by atoms with van der Waals surface area (Å²) in [4.78, 5) is 7.41. The van der Waals surface area contributed by atoms with E-state index in [1.165, 1.54) is 29.5 Å². The summed E-state index contributed by atoms with van der Waals surface area (Å²) >= 11 is 0. The van der Waals surface area contributed by atoms with Crippen molar-refractivity contribution in [1.82, 2.24) is 9.88 Å². The highest BCUT2D eigenvalue weighted by Gasteiger charge is 2.20. The molecular weight excluding hydrogens is 322 g/mol. The fraction of sp³-hybridized carbons (Fsp3) is 0.409. The first-order valence-electron chi connectivity index (χ1n) is 9.55. The van der Waals surface area contributed by atoms with Crippen molar-refractivity contribution in [2.24, 2.45) is 0 Å². The minimum absolute atomic E-state index is 0.499. The summed E-state index contributed by atoms with van der Waals surface area (Å²) in [5.74, 6) is 0.870. The summed E-state index contributed by atoms with van der Waals surface area (Å²) in [6, 6.07) is 13.2. The highest BCUT2D eigenvalue weighted by atomic mass is 16.5. The van der Waals surface area contributed by atoms with Crippen LogP contribution in [-0.2, 0) is 0 Å². The van der Waals surface area contributed by atoms with Crippen molar-refractivity contribution >= 4 is 27.5 Å². The van der Waals surface area contributed by atoms with Crippen LogP contribution in [0.1, 0.15) is 25.3 Å². The number of hydrogen-bond donors (Lipinski definition) is 1. The number of ether oxygens (including phenoxy) is 1. The molecular formula is C22H27N3O. The van der Waals surface area contributed by atoms with Gasteiger partial charge in [0.1, 0.15) is 5.75 Å². The Bertz CT molecular complexity index is 929. The van der Waals surface area contributed by atoms with Crippen molar-refractivity contribution in [2.75, 3.05) is 32.1 Å². The molecule has 0 spiro atoms. The van der Waals surface area contributed by atoms with Crippen LogP contribution in [0.15, 0.2) is 36.4 Å². The maximum Gasteiger partial charge on any atom is 0.119 e. The van der Waals surface area contributed by atoms with Gasteiger partial charge in [0, 0.05) is 29.9 Å². The number of methoxy groups -OCH3 is 1. The van der Waals surface area contributed by atoms with Gasteiger partial charge in [-0.3, -0.25) is 0 Å². The van der Waals surface area contributed by atoms with Crippen molar-refractivity contribution in [3.63, 3.8) is 0 Å². The number of benzene rings is 2. The molecule has 1 N–H and O–H groups in total. The lowest BCUT2D eigenvalue weighted by atomic mass is 10.0. The van der Waals surface area contributed by atoms with E-state index in [0.29, 0.717) is 6.04 Å². The van der Waals surface area contributed by atoms with Gasteiger partial charge < -0.3 is 15.0 Å². The Kier molecular flexibility index (Phi) is 4.68. The van der Waals surface area contributed by atoms with E-state index in [0.717, 1.165) is 41.8 Å². The number of rotatable bonds is 4. The van der Waals surface area contributed by atoms with Gasteiger partial charge in [-0.15, -0.1) is 0 Å². The number of fused-ring (bicyclic) bond motifs is 2. The van der Waals surface area contributed by atoms with Gasteiger partial charge in [-0.1, -0.05) is 19.1 Å². The van der Waals surface area contributed by atoms with Gasteiger partial charge >= 0.3 is 0 Å². The quantitative estimate of drug-likeness (QED) is 0.699. The molecule has 0 amide bonds. The van der Waals surface area contributed by atoms with E-state index in [1.54, 1.807) is 7.11 Å². The first kappa shape index (κ1) is 17.1. The number of anilines is 1. The molecule has 0 aliphatic carbocycles. The summed E-state index contributed by atoms with van der Waals surface area (Å²) < 4.78 is 5.46. The van der Waals surface area contributed by atoms with E-state index in [-0.39, 0.29) is 0 Å². The van der Waals surface area contributed by atoms with E-state index in [9.17, 15) is 0 Å². The Labute approximate surface area is 155 Å². The van der Waals surface area contributed by atoms with Crippen LogP contribution in [-0.4, -0.2) is 42.7 Å². The van der Waals surface area contributed by atoms with Gasteiger partial charge in [-0.25, -0.2) is 4.98 Å². The molecule has 1 aliphatic heterocycles. The lowest BCUT2D eigenvalue weighted by Gasteiger charge is -2.32. The number of piperidine rings is 1. The van der Waals surface area contributed by atoms with Crippen LogP contribution in [0.2, 0.25) is 0 Å². The van der Waals surface area contributed by atoms with Crippen molar-refractivity contribution < 1.29 is 4.74 Å². The Morgan fingerprint density at radius 1 is 1.08 bits per heavy atom. The molecule has 1 fully saturated rings. The number of aryl methyl sites for hydroxylation is 1. The average molecular weight is 349 g/mol. The van der Waals surface area contributed by atoms with E-state index in [4.69, 9.17) is 9.72 Å². The Morgan fingerprint density at radius 3 is 2.62 bits per heavy atom. The van der Waals surface area contributed by atoms with Crippen LogP contribution < -0.4 is 10.1 Å². The first-order valence-corrected chi connectivity index (χ1v) is 9.55. The summed E-state index contributed by atoms with van der Waals surface area (Å²) in [5.41, 5.74) is 4.49. The van der Waals surface area contributed by atoms with Crippen LogP contribution in [0.3, 0.4) is 0 Å². The number of likely N-dealkylation sites (tertiary alicyclic amines) is 1. The maximum absolute atomic E-state index is 5.46. The van der Waals surface area contributed by atoms with Crippen molar-refractivity contribution in [3.8, 4) is 5.75 Å². The molecule has 3 aromatic rings. The molecule has 1 aliphatic rings. The van der Waals surface area contributed by atoms with Gasteiger partial charge in [-0.05, 0) is 56.1 Å². The molecule has 0 saturated carbocycles. The summed E-state index contributed by atoms with van der Waals surface area (Å²) in [6.45, 7) is 7.83. The number of nitrogens with one attached hydrogen (secondary N) is 1. The largest absolute Gasteiger partial charge is 0.497 e. The second-order valence-corrected chi connectivity index (χ2v) is 7.24. The number of pyridine rings is 1. The van der Waals surface area contributed by atoms with E-state index < -0.39 is 0 Å². The standard InChI is InChI=1S/C22H27N3O/c1-4-25-11-9-16(10-12-25)23-22-18-7-5-15(2)13-21(18)24-20-8-6-17(26-3)14-19(20)22/h5-8,13-14,16H,4,9-12H2,1-3H3,(H,23,24). The molecule has 2 heterocycles. The lowest BCUT2D eigenvalue weighted by Crippen LogP contribution is -2.38. The highest BCUT2D eigenvalue weighted by Crippen LogP contribution is 2.34. The molecule has 0 unspecified atom stereocenters. The van der Waals surface area contributed by atoms with Crippen LogP contribution in [0, 0.1) is 6.92 Å². The van der Waals surface area contributed by atoms with E-state index in [2.05, 4.69) is 54.4 Å². The molecule has 4 nitrogen and oxygen atoms in total. The molecule has 4 heteroatoms. The average Bonchev–Trinajstić information content (AvgIpc) is 2.67. The normalized spacial score (nSPS) is 16.3. The van der Waals surface area contributed by atoms with Crippen LogP contribution >= 0.6 is 0 Å². The van der Waals surface area contributed by atoms with Crippen molar-refractivity contribution in [1.29, 1.82) is 0 Å². The zero-order valence-electron chi connectivity index (χ0n) is 15.9. The topological polar surface area (TPSA) is 37.4 Å². The van der Waals surface area contributed by atoms with Gasteiger partial charge in [0.05, 0.1) is 23.8 Å². The third-order valence-corrected chi connectivity index (χ3v) is 5.52. The fourth-order valence-corrected chi connectivity index (χ4v) is 3.91. The fourth-order valence-electron chi connectivity index (χ4n) is 3.91. The monoisotopic (exact) mass is 349 g/mol. The maximum atomic E-state index is 5.46. The summed E-state index contributed by atoms with van der Waals surface area (Å²) in [5, 5.41) is 6.19. The van der Waals surface area contributed by atoms with Crippen LogP contribution in [0.25, 0.3) is 21.8 Å². The first-order chi connectivity index (χ1) is 12.7. The number of hydrogen-bond acceptors (Lipinski definition) is 4. The third kappa shape index (κ3) is 3.21. The zero-order valence-corrected chi connectivity index (χ0v) is 15.9. The SMILES string of the molecule is CCN1CCC(Nc2c3ccc(C)cc3nc3ccc(OC)cc23)CC1. The number of aromatic nitrogens is 1. The number of nitrogens with zero attached hydrogens (tertiary/aromatic N) is 2. The van der Waals surface area contributed by atoms with Gasteiger partial charge in [0.25, 0.3) is 0 Å². The molecule has 26 heavy (non-hydrogen) atoms. The second-order valence-electron chi connectivity index (χ2n) is 7.24. The van der Waals surface area contributed by atoms with E-state index in [1.807, 2.05) is 6.07 Å².